The maximum absolute atomic E-state index is 12.7. The lowest BCUT2D eigenvalue weighted by Crippen LogP contribution is -2.33. The van der Waals surface area contributed by atoms with Gasteiger partial charge in [0.15, 0.2) is 11.4 Å². The molecule has 0 bridgehead atoms. The van der Waals surface area contributed by atoms with Crippen molar-refractivity contribution in [3.8, 4) is 0 Å². The van der Waals surface area contributed by atoms with Gasteiger partial charge in [0.2, 0.25) is 0 Å². The third kappa shape index (κ3) is 3.38. The van der Waals surface area contributed by atoms with Crippen LogP contribution in [-0.2, 0) is 19.1 Å². The molecule has 6 nitrogen and oxygen atoms in total. The summed E-state index contributed by atoms with van der Waals surface area (Å²) in [6, 6.07) is 1.53. The molecule has 0 saturated carbocycles. The van der Waals surface area contributed by atoms with Gasteiger partial charge in [0.25, 0.3) is 5.91 Å². The summed E-state index contributed by atoms with van der Waals surface area (Å²) < 4.78 is 44.3. The molecule has 9 heteroatoms. The van der Waals surface area contributed by atoms with Gasteiger partial charge in [-0.1, -0.05) is 5.16 Å². The lowest BCUT2D eigenvalue weighted by atomic mass is 9.99. The molecule has 124 valence electrons. The van der Waals surface area contributed by atoms with Crippen LogP contribution in [0.4, 0.5) is 13.2 Å². The lowest BCUT2D eigenvalue weighted by molar-refractivity contribution is -0.141. The molecule has 0 aromatic carbocycles. The number of amides is 1. The maximum atomic E-state index is 12.7. The Kier molecular flexibility index (Phi) is 3.87. The fourth-order valence-corrected chi connectivity index (χ4v) is 2.62. The summed E-state index contributed by atoms with van der Waals surface area (Å²) in [6.07, 6.45) is -2.27. The van der Waals surface area contributed by atoms with Crippen molar-refractivity contribution in [1.29, 1.82) is 0 Å². The number of alkyl halides is 3. The number of carbonyl (C=O) groups excluding carboxylic acids is 1. The van der Waals surface area contributed by atoms with Gasteiger partial charge in [-0.2, -0.15) is 13.2 Å². The van der Waals surface area contributed by atoms with Crippen LogP contribution in [0, 0.1) is 12.8 Å². The van der Waals surface area contributed by atoms with Gasteiger partial charge < -0.3 is 14.4 Å². The highest BCUT2D eigenvalue weighted by molar-refractivity contribution is 5.92. The van der Waals surface area contributed by atoms with E-state index >= 15 is 0 Å². The molecule has 0 fully saturated rings. The van der Waals surface area contributed by atoms with Gasteiger partial charge in [0.1, 0.15) is 11.6 Å². The minimum atomic E-state index is -4.43. The Morgan fingerprint density at radius 1 is 1.52 bits per heavy atom. The van der Waals surface area contributed by atoms with Gasteiger partial charge in [-0.25, -0.2) is 4.98 Å². The predicted molar refractivity (Wildman–Crippen MR) is 72.6 cm³/mol. The molecular formula is C14H15F3N4O2. The quantitative estimate of drug-likeness (QED) is 0.937. The van der Waals surface area contributed by atoms with Crippen molar-refractivity contribution in [2.75, 3.05) is 6.54 Å². The fraction of sp³-hybridized carbons (Fsp3) is 0.500. The second-order valence-electron chi connectivity index (χ2n) is 5.63. The molecule has 0 unspecified atom stereocenters. The Bertz CT molecular complexity index is 720. The Balaban J connectivity index is 1.59. The van der Waals surface area contributed by atoms with Crippen molar-refractivity contribution in [3.63, 3.8) is 0 Å². The number of aryl methyl sites for hydroxylation is 2. The molecule has 1 atom stereocenters. The summed E-state index contributed by atoms with van der Waals surface area (Å²) in [5.74, 6) is 0.673. The highest BCUT2D eigenvalue weighted by atomic mass is 19.4. The number of nitrogens with one attached hydrogen (secondary N) is 1. The van der Waals surface area contributed by atoms with Crippen LogP contribution in [-0.4, -0.2) is 27.2 Å². The van der Waals surface area contributed by atoms with E-state index in [9.17, 15) is 18.0 Å². The summed E-state index contributed by atoms with van der Waals surface area (Å²) >= 11 is 0. The van der Waals surface area contributed by atoms with Gasteiger partial charge in [-0.15, -0.1) is 0 Å². The van der Waals surface area contributed by atoms with Crippen molar-refractivity contribution >= 4 is 5.91 Å². The van der Waals surface area contributed by atoms with Crippen LogP contribution in [0.25, 0.3) is 0 Å². The monoisotopic (exact) mass is 328 g/mol. The Morgan fingerprint density at radius 3 is 2.96 bits per heavy atom. The van der Waals surface area contributed by atoms with Crippen molar-refractivity contribution in [3.05, 3.63) is 35.2 Å². The van der Waals surface area contributed by atoms with E-state index in [1.165, 1.54) is 10.6 Å². The summed E-state index contributed by atoms with van der Waals surface area (Å²) in [4.78, 5) is 15.5. The van der Waals surface area contributed by atoms with Crippen LogP contribution < -0.4 is 5.32 Å². The second-order valence-corrected chi connectivity index (χ2v) is 5.63. The van der Waals surface area contributed by atoms with E-state index in [2.05, 4.69) is 15.5 Å². The van der Waals surface area contributed by atoms with E-state index < -0.39 is 11.9 Å². The van der Waals surface area contributed by atoms with Gasteiger partial charge in [0.05, 0.1) is 0 Å². The number of hydrogen-bond donors (Lipinski definition) is 1. The Morgan fingerprint density at radius 2 is 2.30 bits per heavy atom. The average Bonchev–Trinajstić information content (AvgIpc) is 3.09. The first kappa shape index (κ1) is 15.6. The Labute approximate surface area is 129 Å². The zero-order valence-electron chi connectivity index (χ0n) is 12.4. The van der Waals surface area contributed by atoms with Crippen LogP contribution in [0.1, 0.15) is 34.2 Å². The molecule has 0 radical (unpaired) electrons. The first-order valence-corrected chi connectivity index (χ1v) is 7.17. The van der Waals surface area contributed by atoms with Crippen molar-refractivity contribution in [2.24, 2.45) is 5.92 Å². The van der Waals surface area contributed by atoms with Crippen LogP contribution in [0.3, 0.4) is 0 Å². The molecule has 3 heterocycles. The van der Waals surface area contributed by atoms with E-state index in [1.54, 1.807) is 6.92 Å². The molecule has 1 aliphatic rings. The van der Waals surface area contributed by atoms with Gasteiger partial charge >= 0.3 is 6.18 Å². The number of nitrogens with zero attached hydrogens (tertiary/aromatic N) is 3. The first-order chi connectivity index (χ1) is 10.8. The van der Waals surface area contributed by atoms with Gasteiger partial charge in [-0.3, -0.25) is 4.79 Å². The summed E-state index contributed by atoms with van der Waals surface area (Å²) in [7, 11) is 0. The lowest BCUT2D eigenvalue weighted by Gasteiger charge is -2.23. The molecule has 2 aromatic heterocycles. The fourth-order valence-electron chi connectivity index (χ4n) is 2.62. The van der Waals surface area contributed by atoms with Crippen LogP contribution >= 0.6 is 0 Å². The molecule has 1 N–H and O–H groups in total. The molecule has 1 aliphatic heterocycles. The van der Waals surface area contributed by atoms with Gasteiger partial charge in [-0.05, 0) is 19.3 Å². The van der Waals surface area contributed by atoms with Crippen molar-refractivity contribution < 1.29 is 22.5 Å². The topological polar surface area (TPSA) is 73.0 Å². The predicted octanol–water partition coefficient (Wildman–Crippen LogP) is 2.19. The number of hydrogen-bond acceptors (Lipinski definition) is 4. The number of halogens is 3. The number of fused-ring (bicyclic) bond motifs is 1. The standard InChI is InChI=1S/C14H15F3N4O2/c1-8-4-10(20-23-8)13(22)18-5-9-2-3-12-19-11(14(15,16)17)7-21(12)6-9/h4,7,9H,2-3,5-6H2,1H3,(H,18,22)/t9-/m0/s1. The molecular weight excluding hydrogens is 313 g/mol. The zero-order chi connectivity index (χ0) is 16.6. The zero-order valence-corrected chi connectivity index (χ0v) is 12.4. The largest absolute Gasteiger partial charge is 0.434 e. The normalized spacial score (nSPS) is 17.8. The van der Waals surface area contributed by atoms with Gasteiger partial charge in [0, 0.05) is 31.8 Å². The Hall–Kier alpha value is -2.32. The summed E-state index contributed by atoms with van der Waals surface area (Å²) in [5.41, 5.74) is -0.670. The number of carbonyl (C=O) groups is 1. The van der Waals surface area contributed by atoms with Crippen LogP contribution in [0.15, 0.2) is 16.8 Å². The van der Waals surface area contributed by atoms with Crippen molar-refractivity contribution in [2.45, 2.75) is 32.5 Å². The van der Waals surface area contributed by atoms with E-state index in [0.29, 0.717) is 37.5 Å². The van der Waals surface area contributed by atoms with E-state index in [4.69, 9.17) is 4.52 Å². The van der Waals surface area contributed by atoms with E-state index in [-0.39, 0.29) is 17.5 Å². The van der Waals surface area contributed by atoms with Crippen LogP contribution in [0.2, 0.25) is 0 Å². The number of imidazole rings is 1. The number of rotatable bonds is 3. The summed E-state index contributed by atoms with van der Waals surface area (Å²) in [5, 5.41) is 6.35. The van der Waals surface area contributed by atoms with E-state index in [0.717, 1.165) is 6.20 Å². The molecule has 2 aromatic rings. The molecule has 1 amide bonds. The molecule has 23 heavy (non-hydrogen) atoms. The number of aromatic nitrogens is 3. The first-order valence-electron chi connectivity index (χ1n) is 7.17. The minimum Gasteiger partial charge on any atom is -0.361 e. The third-order valence-electron chi connectivity index (χ3n) is 3.79. The highest BCUT2D eigenvalue weighted by Crippen LogP contribution is 2.30. The summed E-state index contributed by atoms with van der Waals surface area (Å²) in [6.45, 7) is 2.45. The SMILES string of the molecule is Cc1cc(C(=O)NC[C@@H]2CCc3nc(C(F)(F)F)cn3C2)no1. The molecule has 3 rings (SSSR count). The van der Waals surface area contributed by atoms with E-state index in [1.807, 2.05) is 0 Å². The minimum absolute atomic E-state index is 0.0507. The molecule has 0 saturated heterocycles. The van der Waals surface area contributed by atoms with Crippen molar-refractivity contribution in [1.82, 2.24) is 20.0 Å². The maximum Gasteiger partial charge on any atom is 0.434 e. The second kappa shape index (κ2) is 5.71. The smallest absolute Gasteiger partial charge is 0.361 e. The third-order valence-corrected chi connectivity index (χ3v) is 3.79. The average molecular weight is 328 g/mol. The molecule has 0 spiro atoms. The molecule has 0 aliphatic carbocycles. The van der Waals surface area contributed by atoms with Crippen LogP contribution in [0.5, 0.6) is 0 Å². The highest BCUT2D eigenvalue weighted by Gasteiger charge is 2.35.